The van der Waals surface area contributed by atoms with Gasteiger partial charge in [0.15, 0.2) is 16.2 Å². The number of fused-ring (bicyclic) bond motifs is 1. The fourth-order valence-electron chi connectivity index (χ4n) is 3.88. The zero-order valence-corrected chi connectivity index (χ0v) is 18.3. The van der Waals surface area contributed by atoms with Crippen LogP contribution in [0.15, 0.2) is 70.7 Å². The summed E-state index contributed by atoms with van der Waals surface area (Å²) < 4.78 is 4.31. The highest BCUT2D eigenvalue weighted by atomic mass is 35.5. The van der Waals surface area contributed by atoms with E-state index in [4.69, 9.17) is 11.6 Å². The number of thiazole rings is 1. The second-order valence-corrected chi connectivity index (χ2v) is 9.60. The van der Waals surface area contributed by atoms with Gasteiger partial charge in [-0.05, 0) is 29.5 Å². The van der Waals surface area contributed by atoms with Crippen molar-refractivity contribution >= 4 is 34.7 Å². The monoisotopic (exact) mass is 454 g/mol. The third kappa shape index (κ3) is 3.05. The quantitative estimate of drug-likeness (QED) is 0.365. The third-order valence-electron chi connectivity index (χ3n) is 5.23. The molecular formula is C22H17ClN3O2S2+. The summed E-state index contributed by atoms with van der Waals surface area (Å²) in [4.78, 5) is 19.0. The van der Waals surface area contributed by atoms with E-state index >= 15 is 0 Å². The summed E-state index contributed by atoms with van der Waals surface area (Å²) in [7, 11) is 1.94. The molecule has 0 bridgehead atoms. The fraction of sp³-hybridized carbons (Fsp3) is 0.136. The minimum atomic E-state index is -0.130. The van der Waals surface area contributed by atoms with Gasteiger partial charge in [-0.2, -0.15) is 4.57 Å². The molecule has 5 nitrogen and oxygen atoms in total. The number of benzene rings is 2. The van der Waals surface area contributed by atoms with E-state index in [1.807, 2.05) is 58.6 Å². The molecule has 1 aliphatic rings. The Morgan fingerprint density at radius 1 is 1.17 bits per heavy atom. The van der Waals surface area contributed by atoms with Gasteiger partial charge in [0.2, 0.25) is 0 Å². The standard InChI is InChI=1S/C22H16ClN3O2S2/c1-25-19(14-9-5-6-10-16(14)27)18(13-7-3-2-4-8-13)20(28)26-15(12-29-22(25)26)17-11-24-21(23)30-17/h2-11,15H,12H2,1H3/p+1/t15-/m1/s1. The zero-order valence-electron chi connectivity index (χ0n) is 15.9. The molecule has 4 aromatic rings. The van der Waals surface area contributed by atoms with Gasteiger partial charge >= 0.3 is 10.7 Å². The molecule has 0 aliphatic carbocycles. The molecule has 1 N–H and O–H groups in total. The Bertz CT molecular complexity index is 1320. The van der Waals surface area contributed by atoms with Crippen LogP contribution in [0.4, 0.5) is 0 Å². The van der Waals surface area contributed by atoms with E-state index < -0.39 is 0 Å². The van der Waals surface area contributed by atoms with Crippen LogP contribution in [0.2, 0.25) is 4.47 Å². The topological polar surface area (TPSA) is 59.0 Å². The average molecular weight is 455 g/mol. The average Bonchev–Trinajstić information content (AvgIpc) is 3.38. The Kier molecular flexibility index (Phi) is 4.89. The molecule has 150 valence electrons. The molecule has 0 fully saturated rings. The normalized spacial score (nSPS) is 15.3. The van der Waals surface area contributed by atoms with Crippen molar-refractivity contribution in [2.45, 2.75) is 11.2 Å². The molecule has 0 unspecified atom stereocenters. The number of aromatic nitrogens is 3. The van der Waals surface area contributed by atoms with Crippen LogP contribution in [0.5, 0.6) is 5.75 Å². The van der Waals surface area contributed by atoms with Crippen LogP contribution in [0.3, 0.4) is 0 Å². The van der Waals surface area contributed by atoms with Crippen LogP contribution in [-0.2, 0) is 7.05 Å². The largest absolute Gasteiger partial charge is 0.507 e. The van der Waals surface area contributed by atoms with Gasteiger partial charge in [0.05, 0.1) is 23.2 Å². The summed E-state index contributed by atoms with van der Waals surface area (Å²) in [5, 5.41) is 11.4. The van der Waals surface area contributed by atoms with Gasteiger partial charge in [-0.15, -0.1) is 11.3 Å². The highest BCUT2D eigenvalue weighted by molar-refractivity contribution is 7.99. The molecule has 2 aromatic carbocycles. The number of halogens is 1. The first-order valence-electron chi connectivity index (χ1n) is 9.32. The summed E-state index contributed by atoms with van der Waals surface area (Å²) >= 11 is 9.09. The van der Waals surface area contributed by atoms with Crippen LogP contribution in [0, 0.1) is 0 Å². The van der Waals surface area contributed by atoms with Crippen molar-refractivity contribution in [2.24, 2.45) is 7.05 Å². The number of hydrogen-bond donors (Lipinski definition) is 1. The first-order chi connectivity index (χ1) is 14.6. The molecule has 1 atom stereocenters. The lowest BCUT2D eigenvalue weighted by Crippen LogP contribution is -2.43. The van der Waals surface area contributed by atoms with Gasteiger partial charge in [-0.1, -0.05) is 54.1 Å². The van der Waals surface area contributed by atoms with Crippen LogP contribution >= 0.6 is 34.7 Å². The first-order valence-corrected chi connectivity index (χ1v) is 11.5. The summed E-state index contributed by atoms with van der Waals surface area (Å²) in [5.74, 6) is 0.864. The van der Waals surface area contributed by atoms with Gasteiger partial charge < -0.3 is 5.11 Å². The Morgan fingerprint density at radius 2 is 1.90 bits per heavy atom. The lowest BCUT2D eigenvalue weighted by Gasteiger charge is -2.15. The maximum Gasteiger partial charge on any atom is 0.347 e. The van der Waals surface area contributed by atoms with Crippen molar-refractivity contribution in [3.05, 3.63) is 80.5 Å². The molecule has 0 saturated carbocycles. The van der Waals surface area contributed by atoms with Crippen LogP contribution in [-0.4, -0.2) is 20.4 Å². The number of para-hydroxylation sites is 1. The maximum absolute atomic E-state index is 13.9. The molecule has 0 radical (unpaired) electrons. The van der Waals surface area contributed by atoms with Crippen LogP contribution < -0.4 is 10.1 Å². The number of aromatic hydroxyl groups is 1. The molecule has 30 heavy (non-hydrogen) atoms. The van der Waals surface area contributed by atoms with Crippen molar-refractivity contribution < 1.29 is 9.67 Å². The number of thioether (sulfide) groups is 1. The van der Waals surface area contributed by atoms with E-state index in [-0.39, 0.29) is 17.4 Å². The van der Waals surface area contributed by atoms with Crippen molar-refractivity contribution in [2.75, 3.05) is 5.75 Å². The molecule has 0 spiro atoms. The zero-order chi connectivity index (χ0) is 20.8. The molecule has 1 aliphatic heterocycles. The van der Waals surface area contributed by atoms with Crippen molar-refractivity contribution in [1.29, 1.82) is 0 Å². The molecular weight excluding hydrogens is 438 g/mol. The summed E-state index contributed by atoms with van der Waals surface area (Å²) in [6.07, 6.45) is 1.75. The second-order valence-electron chi connectivity index (χ2n) is 6.97. The SMILES string of the molecule is C[n+]1c(-c2ccccc2O)c(-c2ccccc2)c(=O)n2c1SC[C@@H]2c1cnc(Cl)s1. The lowest BCUT2D eigenvalue weighted by atomic mass is 9.99. The van der Waals surface area contributed by atoms with E-state index in [0.29, 0.717) is 21.3 Å². The first kappa shape index (κ1) is 19.4. The summed E-state index contributed by atoms with van der Waals surface area (Å²) in [5.41, 5.74) is 2.61. The number of hydrogen-bond acceptors (Lipinski definition) is 5. The third-order valence-corrected chi connectivity index (χ3v) is 7.65. The molecule has 8 heteroatoms. The van der Waals surface area contributed by atoms with E-state index in [1.54, 1.807) is 30.1 Å². The van der Waals surface area contributed by atoms with Crippen LogP contribution in [0.25, 0.3) is 22.4 Å². The minimum absolute atomic E-state index is 0.0907. The number of nitrogens with zero attached hydrogens (tertiary/aromatic N) is 3. The number of phenolic OH excluding ortho intramolecular Hbond substituents is 1. The maximum atomic E-state index is 13.9. The van der Waals surface area contributed by atoms with Gasteiger partial charge in [-0.3, -0.25) is 0 Å². The van der Waals surface area contributed by atoms with Crippen molar-refractivity contribution in [3.8, 4) is 28.1 Å². The highest BCUT2D eigenvalue weighted by Gasteiger charge is 2.40. The molecule has 3 heterocycles. The van der Waals surface area contributed by atoms with Gasteiger partial charge in [0, 0.05) is 6.20 Å². The Morgan fingerprint density at radius 3 is 2.60 bits per heavy atom. The number of phenols is 1. The van der Waals surface area contributed by atoms with E-state index in [1.165, 1.54) is 11.3 Å². The minimum Gasteiger partial charge on any atom is -0.507 e. The van der Waals surface area contributed by atoms with Gasteiger partial charge in [-0.25, -0.2) is 14.3 Å². The van der Waals surface area contributed by atoms with Gasteiger partial charge in [0.25, 0.3) is 0 Å². The second kappa shape index (κ2) is 7.58. The van der Waals surface area contributed by atoms with Crippen molar-refractivity contribution in [1.82, 2.24) is 9.55 Å². The van der Waals surface area contributed by atoms with E-state index in [0.717, 1.165) is 21.3 Å². The molecule has 0 saturated heterocycles. The Balaban J connectivity index is 1.85. The highest BCUT2D eigenvalue weighted by Crippen LogP contribution is 2.40. The van der Waals surface area contributed by atoms with E-state index in [2.05, 4.69) is 4.98 Å². The summed E-state index contributed by atoms with van der Waals surface area (Å²) in [6, 6.07) is 16.6. The van der Waals surface area contributed by atoms with E-state index in [9.17, 15) is 9.90 Å². The smallest absolute Gasteiger partial charge is 0.347 e. The predicted molar refractivity (Wildman–Crippen MR) is 120 cm³/mol. The Hall–Kier alpha value is -2.61. The fourth-order valence-corrected chi connectivity index (χ4v) is 6.31. The van der Waals surface area contributed by atoms with Crippen molar-refractivity contribution in [3.63, 3.8) is 0 Å². The van der Waals surface area contributed by atoms with Crippen LogP contribution in [0.1, 0.15) is 10.9 Å². The van der Waals surface area contributed by atoms with Gasteiger partial charge in [0.1, 0.15) is 11.3 Å². The number of rotatable bonds is 3. The molecule has 0 amide bonds. The Labute approximate surface area is 186 Å². The predicted octanol–water partition coefficient (Wildman–Crippen LogP) is 4.52. The summed E-state index contributed by atoms with van der Waals surface area (Å²) in [6.45, 7) is 0. The lowest BCUT2D eigenvalue weighted by molar-refractivity contribution is -0.704. The molecule has 2 aromatic heterocycles. The molecule has 5 rings (SSSR count).